The van der Waals surface area contributed by atoms with E-state index < -0.39 is 23.1 Å². The molecule has 20 heavy (non-hydrogen) atoms. The van der Waals surface area contributed by atoms with Crippen molar-refractivity contribution in [1.29, 1.82) is 0 Å². The molecule has 0 aliphatic carbocycles. The maximum atomic E-state index is 13.4. The summed E-state index contributed by atoms with van der Waals surface area (Å²) in [6.07, 6.45) is 0. The summed E-state index contributed by atoms with van der Waals surface area (Å²) in [6.45, 7) is 0.233. The number of halogens is 3. The van der Waals surface area contributed by atoms with E-state index in [9.17, 15) is 13.6 Å². The van der Waals surface area contributed by atoms with E-state index >= 15 is 0 Å². The molecule has 2 rings (SSSR count). The van der Waals surface area contributed by atoms with Gasteiger partial charge in [0.1, 0.15) is 17.2 Å². The topological polar surface area (TPSA) is 29.1 Å². The van der Waals surface area contributed by atoms with E-state index in [2.05, 4.69) is 21.2 Å². The fraction of sp³-hybridized carbons (Fsp3) is 0.133. The average Bonchev–Trinajstić information content (AvgIpc) is 2.45. The Labute approximate surface area is 123 Å². The molecule has 0 heterocycles. The van der Waals surface area contributed by atoms with Crippen LogP contribution in [0.4, 0.5) is 8.78 Å². The second-order valence-electron chi connectivity index (χ2n) is 4.18. The zero-order chi connectivity index (χ0) is 14.5. The molecule has 104 valence electrons. The molecule has 0 fully saturated rings. The largest absolute Gasteiger partial charge is 0.350 e. The maximum Gasteiger partial charge on any atom is 0.257 e. The van der Waals surface area contributed by atoms with Crippen LogP contribution in [0.3, 0.4) is 0 Å². The van der Waals surface area contributed by atoms with Crippen LogP contribution < -0.4 is 5.32 Å². The van der Waals surface area contributed by atoms with Crippen molar-refractivity contribution < 1.29 is 13.6 Å². The summed E-state index contributed by atoms with van der Waals surface area (Å²) in [5.74, 6) is -2.50. The number of alkyl halides is 1. The highest BCUT2D eigenvalue weighted by Gasteiger charge is 2.17. The number of nitrogens with one attached hydrogen (secondary N) is 1. The molecule has 0 aliphatic rings. The number of carbonyl (C=O) groups excluding carboxylic acids is 1. The molecule has 0 radical (unpaired) electrons. The number of carbonyl (C=O) groups is 1. The van der Waals surface area contributed by atoms with Crippen LogP contribution in [0, 0.1) is 11.6 Å². The van der Waals surface area contributed by atoms with Gasteiger partial charge >= 0.3 is 0 Å². The van der Waals surface area contributed by atoms with Gasteiger partial charge in [0, 0.05) is 6.54 Å². The first-order chi connectivity index (χ1) is 9.59. The molecular formula is C15H12BrF2NO. The van der Waals surface area contributed by atoms with E-state index in [0.717, 1.165) is 17.7 Å². The Bertz CT molecular complexity index is 584. The first kappa shape index (κ1) is 14.7. The van der Waals surface area contributed by atoms with Gasteiger partial charge in [-0.25, -0.2) is 8.78 Å². The van der Waals surface area contributed by atoms with Crippen molar-refractivity contribution >= 4 is 21.8 Å². The Kier molecular flexibility index (Phi) is 4.84. The number of benzene rings is 2. The van der Waals surface area contributed by atoms with E-state index in [0.29, 0.717) is 0 Å². The highest BCUT2D eigenvalue weighted by Crippen LogP contribution is 2.21. The lowest BCUT2D eigenvalue weighted by Gasteiger charge is -2.12. The van der Waals surface area contributed by atoms with Crippen LogP contribution in [0.1, 0.15) is 20.7 Å². The Morgan fingerprint density at radius 3 is 2.25 bits per heavy atom. The Balaban J connectivity index is 2.03. The zero-order valence-corrected chi connectivity index (χ0v) is 12.0. The first-order valence-corrected chi connectivity index (χ1v) is 6.92. The number of amides is 1. The van der Waals surface area contributed by atoms with Crippen molar-refractivity contribution in [3.8, 4) is 0 Å². The quantitative estimate of drug-likeness (QED) is 0.842. The van der Waals surface area contributed by atoms with Gasteiger partial charge in [0.25, 0.3) is 5.91 Å². The van der Waals surface area contributed by atoms with Gasteiger partial charge in [0.05, 0.1) is 4.83 Å². The molecule has 1 amide bonds. The van der Waals surface area contributed by atoms with Crippen molar-refractivity contribution in [2.75, 3.05) is 6.54 Å². The highest BCUT2D eigenvalue weighted by molar-refractivity contribution is 9.09. The Morgan fingerprint density at radius 2 is 1.65 bits per heavy atom. The maximum absolute atomic E-state index is 13.4. The minimum absolute atomic E-state index is 0.123. The van der Waals surface area contributed by atoms with Crippen molar-refractivity contribution in [3.05, 3.63) is 71.3 Å². The molecule has 0 aromatic heterocycles. The first-order valence-electron chi connectivity index (χ1n) is 6.01. The molecule has 1 atom stereocenters. The van der Waals surface area contributed by atoms with Gasteiger partial charge in [-0.1, -0.05) is 52.3 Å². The molecule has 2 aromatic rings. The van der Waals surface area contributed by atoms with Gasteiger partial charge in [0.2, 0.25) is 0 Å². The van der Waals surface area contributed by atoms with Crippen molar-refractivity contribution in [1.82, 2.24) is 5.32 Å². The molecule has 5 heteroatoms. The van der Waals surface area contributed by atoms with Crippen LogP contribution in [-0.2, 0) is 0 Å². The molecule has 0 spiro atoms. The summed E-state index contributed by atoms with van der Waals surface area (Å²) in [4.78, 5) is 11.7. The lowest BCUT2D eigenvalue weighted by Crippen LogP contribution is -2.28. The molecular weight excluding hydrogens is 328 g/mol. The molecule has 0 saturated carbocycles. The molecule has 0 saturated heterocycles. The molecule has 1 unspecified atom stereocenters. The second kappa shape index (κ2) is 6.61. The SMILES string of the molecule is O=C(NCC(Br)c1ccccc1)c1c(F)cccc1F. The number of rotatable bonds is 4. The van der Waals surface area contributed by atoms with Crippen LogP contribution in [0.25, 0.3) is 0 Å². The van der Waals surface area contributed by atoms with E-state index in [1.165, 1.54) is 6.07 Å². The van der Waals surface area contributed by atoms with Gasteiger partial charge in [-0.2, -0.15) is 0 Å². The van der Waals surface area contributed by atoms with Crippen LogP contribution in [0.5, 0.6) is 0 Å². The highest BCUT2D eigenvalue weighted by atomic mass is 79.9. The number of hydrogen-bond acceptors (Lipinski definition) is 1. The molecule has 2 aromatic carbocycles. The third-order valence-corrected chi connectivity index (χ3v) is 3.65. The Hall–Kier alpha value is -1.75. The third kappa shape index (κ3) is 3.42. The van der Waals surface area contributed by atoms with E-state index in [-0.39, 0.29) is 11.4 Å². The summed E-state index contributed by atoms with van der Waals surface area (Å²) < 4.78 is 26.9. The zero-order valence-electron chi connectivity index (χ0n) is 10.4. The summed E-state index contributed by atoms with van der Waals surface area (Å²) in [5, 5.41) is 2.51. The van der Waals surface area contributed by atoms with Crippen molar-refractivity contribution in [2.45, 2.75) is 4.83 Å². The third-order valence-electron chi connectivity index (χ3n) is 2.79. The predicted octanol–water partition coefficient (Wildman–Crippen LogP) is 3.83. The molecule has 0 aliphatic heterocycles. The lowest BCUT2D eigenvalue weighted by atomic mass is 10.1. The predicted molar refractivity (Wildman–Crippen MR) is 76.8 cm³/mol. The Morgan fingerprint density at radius 1 is 1.05 bits per heavy atom. The van der Waals surface area contributed by atoms with Crippen LogP contribution >= 0.6 is 15.9 Å². The van der Waals surface area contributed by atoms with Crippen LogP contribution in [0.15, 0.2) is 48.5 Å². The fourth-order valence-electron chi connectivity index (χ4n) is 1.77. The van der Waals surface area contributed by atoms with E-state index in [4.69, 9.17) is 0 Å². The molecule has 2 nitrogen and oxygen atoms in total. The standard InChI is InChI=1S/C15H12BrF2NO/c16-11(10-5-2-1-3-6-10)9-19-15(20)14-12(17)7-4-8-13(14)18/h1-8,11H,9H2,(H,19,20). The van der Waals surface area contributed by atoms with Crippen LogP contribution in [-0.4, -0.2) is 12.5 Å². The van der Waals surface area contributed by atoms with Gasteiger partial charge in [-0.3, -0.25) is 4.79 Å². The normalized spacial score (nSPS) is 11.9. The van der Waals surface area contributed by atoms with Crippen LogP contribution in [0.2, 0.25) is 0 Å². The van der Waals surface area contributed by atoms with Gasteiger partial charge in [0.15, 0.2) is 0 Å². The minimum atomic E-state index is -0.867. The van der Waals surface area contributed by atoms with E-state index in [1.807, 2.05) is 30.3 Å². The second-order valence-corrected chi connectivity index (χ2v) is 5.29. The van der Waals surface area contributed by atoms with Gasteiger partial charge in [-0.15, -0.1) is 0 Å². The summed E-state index contributed by atoms with van der Waals surface area (Å²) >= 11 is 3.42. The van der Waals surface area contributed by atoms with E-state index in [1.54, 1.807) is 0 Å². The average molecular weight is 340 g/mol. The summed E-state index contributed by atoms with van der Waals surface area (Å²) in [6, 6.07) is 12.8. The summed E-state index contributed by atoms with van der Waals surface area (Å²) in [7, 11) is 0. The summed E-state index contributed by atoms with van der Waals surface area (Å²) in [5.41, 5.74) is 0.419. The lowest BCUT2D eigenvalue weighted by molar-refractivity contribution is 0.0945. The molecule has 0 bridgehead atoms. The van der Waals surface area contributed by atoms with Crippen molar-refractivity contribution in [2.24, 2.45) is 0 Å². The smallest absolute Gasteiger partial charge is 0.257 e. The molecule has 1 N–H and O–H groups in total. The minimum Gasteiger partial charge on any atom is -0.350 e. The van der Waals surface area contributed by atoms with Crippen molar-refractivity contribution in [3.63, 3.8) is 0 Å². The fourth-order valence-corrected chi connectivity index (χ4v) is 2.23. The van der Waals surface area contributed by atoms with Gasteiger partial charge < -0.3 is 5.32 Å². The van der Waals surface area contributed by atoms with Gasteiger partial charge in [-0.05, 0) is 17.7 Å². The number of hydrogen-bond donors (Lipinski definition) is 1. The monoisotopic (exact) mass is 339 g/mol.